The van der Waals surface area contributed by atoms with E-state index in [-0.39, 0.29) is 12.1 Å². The normalized spacial score (nSPS) is 21.7. The SMILES string of the molecule is CNC(C)c1cc(C)ccc1OCC1CN(C)CCO1. The van der Waals surface area contributed by atoms with Crippen molar-refractivity contribution >= 4 is 0 Å². The van der Waals surface area contributed by atoms with Gasteiger partial charge in [0.25, 0.3) is 0 Å². The highest BCUT2D eigenvalue weighted by Gasteiger charge is 2.19. The van der Waals surface area contributed by atoms with Crippen LogP contribution in [0, 0.1) is 6.92 Å². The van der Waals surface area contributed by atoms with Crippen molar-refractivity contribution in [3.8, 4) is 5.75 Å². The van der Waals surface area contributed by atoms with Gasteiger partial charge in [0.15, 0.2) is 0 Å². The number of nitrogens with zero attached hydrogens (tertiary/aromatic N) is 1. The average molecular weight is 278 g/mol. The summed E-state index contributed by atoms with van der Waals surface area (Å²) in [6, 6.07) is 6.62. The van der Waals surface area contributed by atoms with Crippen LogP contribution in [-0.4, -0.2) is 51.4 Å². The van der Waals surface area contributed by atoms with Crippen molar-refractivity contribution in [3.05, 3.63) is 29.3 Å². The monoisotopic (exact) mass is 278 g/mol. The lowest BCUT2D eigenvalue weighted by Crippen LogP contribution is -2.42. The van der Waals surface area contributed by atoms with Crippen molar-refractivity contribution in [1.29, 1.82) is 0 Å². The summed E-state index contributed by atoms with van der Waals surface area (Å²) < 4.78 is 11.7. The Labute approximate surface area is 122 Å². The van der Waals surface area contributed by atoms with Crippen molar-refractivity contribution in [1.82, 2.24) is 10.2 Å². The van der Waals surface area contributed by atoms with Crippen LogP contribution < -0.4 is 10.1 Å². The second kappa shape index (κ2) is 7.07. The third-order valence-corrected chi connectivity index (χ3v) is 3.83. The van der Waals surface area contributed by atoms with Gasteiger partial charge >= 0.3 is 0 Å². The maximum absolute atomic E-state index is 6.01. The van der Waals surface area contributed by atoms with Gasteiger partial charge < -0.3 is 19.7 Å². The van der Waals surface area contributed by atoms with Crippen LogP contribution >= 0.6 is 0 Å². The molecule has 0 aliphatic carbocycles. The smallest absolute Gasteiger partial charge is 0.124 e. The maximum atomic E-state index is 6.01. The molecule has 1 heterocycles. The number of nitrogens with one attached hydrogen (secondary N) is 1. The first-order valence-corrected chi connectivity index (χ1v) is 7.31. The summed E-state index contributed by atoms with van der Waals surface area (Å²) in [7, 11) is 4.09. The second-order valence-electron chi connectivity index (χ2n) is 5.62. The zero-order valence-corrected chi connectivity index (χ0v) is 13.0. The van der Waals surface area contributed by atoms with Gasteiger partial charge in [-0.3, -0.25) is 0 Å². The van der Waals surface area contributed by atoms with Crippen LogP contribution in [0.3, 0.4) is 0 Å². The summed E-state index contributed by atoms with van der Waals surface area (Å²) in [5.41, 5.74) is 2.46. The van der Waals surface area contributed by atoms with Crippen LogP contribution in [0.4, 0.5) is 0 Å². The Morgan fingerprint density at radius 2 is 2.30 bits per heavy atom. The predicted octanol–water partition coefficient (Wildman–Crippen LogP) is 1.98. The zero-order chi connectivity index (χ0) is 14.5. The number of hydrogen-bond acceptors (Lipinski definition) is 4. The van der Waals surface area contributed by atoms with Crippen molar-refractivity contribution in [2.75, 3.05) is 40.4 Å². The number of rotatable bonds is 5. The number of ether oxygens (including phenoxy) is 2. The van der Waals surface area contributed by atoms with Crippen LogP contribution in [0.15, 0.2) is 18.2 Å². The third-order valence-electron chi connectivity index (χ3n) is 3.83. The summed E-state index contributed by atoms with van der Waals surface area (Å²) in [5.74, 6) is 0.953. The van der Waals surface area contributed by atoms with Gasteiger partial charge in [-0.2, -0.15) is 0 Å². The van der Waals surface area contributed by atoms with E-state index in [1.54, 1.807) is 0 Å². The molecule has 112 valence electrons. The molecule has 0 bridgehead atoms. The molecule has 1 aromatic carbocycles. The van der Waals surface area contributed by atoms with E-state index in [1.807, 2.05) is 7.05 Å². The summed E-state index contributed by atoms with van der Waals surface area (Å²) in [5, 5.41) is 3.27. The molecule has 1 aliphatic rings. The fraction of sp³-hybridized carbons (Fsp3) is 0.625. The van der Waals surface area contributed by atoms with Gasteiger partial charge in [0.1, 0.15) is 18.5 Å². The van der Waals surface area contributed by atoms with Crippen LogP contribution in [0.5, 0.6) is 5.75 Å². The summed E-state index contributed by atoms with van der Waals surface area (Å²) >= 11 is 0. The zero-order valence-electron chi connectivity index (χ0n) is 13.0. The van der Waals surface area contributed by atoms with Gasteiger partial charge in [-0.1, -0.05) is 17.7 Å². The highest BCUT2D eigenvalue weighted by molar-refractivity contribution is 5.39. The number of hydrogen-bond donors (Lipinski definition) is 1. The van der Waals surface area contributed by atoms with E-state index in [1.165, 1.54) is 11.1 Å². The molecular formula is C16H26N2O2. The number of aryl methyl sites for hydroxylation is 1. The van der Waals surface area contributed by atoms with Crippen molar-refractivity contribution in [2.45, 2.75) is 26.0 Å². The van der Waals surface area contributed by atoms with Crippen LogP contribution in [0.2, 0.25) is 0 Å². The third kappa shape index (κ3) is 3.95. The molecule has 4 nitrogen and oxygen atoms in total. The van der Waals surface area contributed by atoms with Gasteiger partial charge in [-0.15, -0.1) is 0 Å². The maximum Gasteiger partial charge on any atom is 0.124 e. The Morgan fingerprint density at radius 1 is 1.50 bits per heavy atom. The topological polar surface area (TPSA) is 33.7 Å². The summed E-state index contributed by atoms with van der Waals surface area (Å²) in [4.78, 5) is 2.28. The van der Waals surface area contributed by atoms with Gasteiger partial charge in [-0.25, -0.2) is 0 Å². The minimum atomic E-state index is 0.160. The molecule has 0 aromatic heterocycles. The minimum Gasteiger partial charge on any atom is -0.490 e. The summed E-state index contributed by atoms with van der Waals surface area (Å²) in [6.45, 7) is 7.59. The van der Waals surface area contributed by atoms with Crippen LogP contribution in [0.1, 0.15) is 24.1 Å². The molecular weight excluding hydrogens is 252 g/mol. The highest BCUT2D eigenvalue weighted by Crippen LogP contribution is 2.26. The molecule has 1 fully saturated rings. The second-order valence-corrected chi connectivity index (χ2v) is 5.62. The lowest BCUT2D eigenvalue weighted by atomic mass is 10.0. The minimum absolute atomic E-state index is 0.160. The Bertz CT molecular complexity index is 436. The Morgan fingerprint density at radius 3 is 3.00 bits per heavy atom. The lowest BCUT2D eigenvalue weighted by Gasteiger charge is -2.30. The molecule has 1 N–H and O–H groups in total. The first kappa shape index (κ1) is 15.3. The summed E-state index contributed by atoms with van der Waals surface area (Å²) in [6.07, 6.45) is 0.160. The predicted molar refractivity (Wildman–Crippen MR) is 81.4 cm³/mol. The van der Waals surface area contributed by atoms with Gasteiger partial charge in [0.05, 0.1) is 6.61 Å². The molecule has 4 heteroatoms. The van der Waals surface area contributed by atoms with E-state index in [0.717, 1.165) is 25.4 Å². The Hall–Kier alpha value is -1.10. The van der Waals surface area contributed by atoms with Crippen LogP contribution in [0.25, 0.3) is 0 Å². The Kier molecular flexibility index (Phi) is 5.40. The standard InChI is InChI=1S/C16H26N2O2/c1-12-5-6-16(15(9-12)13(2)17-3)20-11-14-10-18(4)7-8-19-14/h5-6,9,13-14,17H,7-8,10-11H2,1-4H3. The van der Waals surface area contributed by atoms with E-state index in [9.17, 15) is 0 Å². The largest absolute Gasteiger partial charge is 0.490 e. The van der Waals surface area contributed by atoms with Gasteiger partial charge in [0, 0.05) is 24.7 Å². The van der Waals surface area contributed by atoms with E-state index in [4.69, 9.17) is 9.47 Å². The van der Waals surface area contributed by atoms with Crippen molar-refractivity contribution < 1.29 is 9.47 Å². The Balaban J connectivity index is 2.01. The molecule has 20 heavy (non-hydrogen) atoms. The van der Waals surface area contributed by atoms with E-state index in [2.05, 4.69) is 49.3 Å². The molecule has 1 saturated heterocycles. The first-order valence-electron chi connectivity index (χ1n) is 7.31. The van der Waals surface area contributed by atoms with E-state index < -0.39 is 0 Å². The number of benzene rings is 1. The van der Waals surface area contributed by atoms with Crippen LogP contribution in [-0.2, 0) is 4.74 Å². The number of morpholine rings is 1. The van der Waals surface area contributed by atoms with Crippen molar-refractivity contribution in [3.63, 3.8) is 0 Å². The van der Waals surface area contributed by atoms with Gasteiger partial charge in [0.2, 0.25) is 0 Å². The molecule has 0 saturated carbocycles. The quantitative estimate of drug-likeness (QED) is 0.893. The molecule has 1 aliphatic heterocycles. The molecule has 0 amide bonds. The first-order chi connectivity index (χ1) is 9.60. The van der Waals surface area contributed by atoms with Gasteiger partial charge in [-0.05, 0) is 34.0 Å². The highest BCUT2D eigenvalue weighted by atomic mass is 16.5. The molecule has 2 rings (SSSR count). The van der Waals surface area contributed by atoms with Crippen molar-refractivity contribution in [2.24, 2.45) is 0 Å². The fourth-order valence-corrected chi connectivity index (χ4v) is 2.44. The average Bonchev–Trinajstić information content (AvgIpc) is 2.45. The lowest BCUT2D eigenvalue weighted by molar-refractivity contribution is -0.0405. The molecule has 2 atom stereocenters. The molecule has 1 aromatic rings. The van der Waals surface area contributed by atoms with E-state index in [0.29, 0.717) is 6.61 Å². The molecule has 0 spiro atoms. The molecule has 2 unspecified atom stereocenters. The fourth-order valence-electron chi connectivity index (χ4n) is 2.44. The molecule has 0 radical (unpaired) electrons. The van der Waals surface area contributed by atoms with E-state index >= 15 is 0 Å². The number of likely N-dealkylation sites (N-methyl/N-ethyl adjacent to an activating group) is 1.